The number of piperazine rings is 1. The van der Waals surface area contributed by atoms with Crippen LogP contribution < -0.4 is 14.5 Å². The Balaban J connectivity index is 1.49. The summed E-state index contributed by atoms with van der Waals surface area (Å²) < 4.78 is 20.8. The molecule has 1 amide bonds. The fourth-order valence-corrected chi connectivity index (χ4v) is 5.48. The maximum absolute atomic E-state index is 14.7. The summed E-state index contributed by atoms with van der Waals surface area (Å²) in [5, 5.41) is 11.5. The lowest BCUT2D eigenvalue weighted by Gasteiger charge is -2.38. The van der Waals surface area contributed by atoms with Gasteiger partial charge in [0.25, 0.3) is 0 Å². The van der Waals surface area contributed by atoms with Gasteiger partial charge >= 0.3 is 6.01 Å². The molecule has 1 unspecified atom stereocenters. The molecule has 10 heteroatoms. The van der Waals surface area contributed by atoms with Gasteiger partial charge in [-0.25, -0.2) is 4.39 Å². The molecule has 5 rings (SSSR count). The number of halogens is 1. The molecule has 0 spiro atoms. The molecule has 3 aromatic rings. The van der Waals surface area contributed by atoms with Crippen molar-refractivity contribution in [3.05, 3.63) is 60.1 Å². The molecule has 1 atom stereocenters. The van der Waals surface area contributed by atoms with E-state index in [4.69, 9.17) is 14.7 Å². The second kappa shape index (κ2) is 11.1. The van der Waals surface area contributed by atoms with Crippen LogP contribution in [0.5, 0.6) is 11.8 Å². The van der Waals surface area contributed by atoms with E-state index in [1.807, 2.05) is 38.1 Å². The van der Waals surface area contributed by atoms with Crippen molar-refractivity contribution in [1.82, 2.24) is 19.8 Å². The van der Waals surface area contributed by atoms with E-state index < -0.39 is 5.82 Å². The van der Waals surface area contributed by atoms with Crippen LogP contribution in [-0.2, 0) is 17.8 Å². The summed E-state index contributed by atoms with van der Waals surface area (Å²) >= 11 is 0. The smallest absolute Gasteiger partial charge is 0.318 e. The molecule has 0 saturated carbocycles. The van der Waals surface area contributed by atoms with E-state index in [-0.39, 0.29) is 17.8 Å². The summed E-state index contributed by atoms with van der Waals surface area (Å²) in [6.45, 7) is 9.90. The molecular formula is C29H35FN6O3. The largest absolute Gasteiger partial charge is 0.505 e. The first-order valence-electron chi connectivity index (χ1n) is 13.3. The first-order chi connectivity index (χ1) is 18.7. The van der Waals surface area contributed by atoms with Gasteiger partial charge in [-0.1, -0.05) is 30.8 Å². The molecule has 2 aliphatic rings. The molecular weight excluding hydrogens is 499 g/mol. The highest BCUT2D eigenvalue weighted by molar-refractivity contribution is 5.96. The Hall–Kier alpha value is -3.92. The number of fused-ring (bicyclic) bond motifs is 2. The van der Waals surface area contributed by atoms with Crippen LogP contribution in [0.3, 0.4) is 0 Å². The SMILES string of the molecule is C=CC(=O)N1CCN(c2nc(OC(C)CN(C)C)nc3c2CCN(c2cc(O)c(F)c4ccccc24)C3)CC1. The Morgan fingerprint density at radius 2 is 1.87 bits per heavy atom. The van der Waals surface area contributed by atoms with Gasteiger partial charge < -0.3 is 29.4 Å². The lowest BCUT2D eigenvalue weighted by Crippen LogP contribution is -2.49. The highest BCUT2D eigenvalue weighted by Gasteiger charge is 2.29. The molecule has 39 heavy (non-hydrogen) atoms. The van der Waals surface area contributed by atoms with Crippen molar-refractivity contribution in [2.45, 2.75) is 26.0 Å². The third kappa shape index (κ3) is 5.47. The van der Waals surface area contributed by atoms with Crippen LogP contribution in [0.2, 0.25) is 0 Å². The van der Waals surface area contributed by atoms with Crippen LogP contribution in [0.4, 0.5) is 15.9 Å². The number of phenols is 1. The fourth-order valence-electron chi connectivity index (χ4n) is 5.48. The lowest BCUT2D eigenvalue weighted by molar-refractivity contribution is -0.126. The van der Waals surface area contributed by atoms with Gasteiger partial charge in [-0.15, -0.1) is 0 Å². The number of nitrogens with zero attached hydrogens (tertiary/aromatic N) is 6. The van der Waals surface area contributed by atoms with Crippen molar-refractivity contribution in [3.63, 3.8) is 0 Å². The minimum atomic E-state index is -0.615. The van der Waals surface area contributed by atoms with E-state index in [9.17, 15) is 14.3 Å². The summed E-state index contributed by atoms with van der Waals surface area (Å²) in [6.07, 6.45) is 1.91. The number of benzene rings is 2. The highest BCUT2D eigenvalue weighted by atomic mass is 19.1. The minimum Gasteiger partial charge on any atom is -0.505 e. The van der Waals surface area contributed by atoms with E-state index in [1.54, 1.807) is 17.0 Å². The van der Waals surface area contributed by atoms with Crippen molar-refractivity contribution in [2.75, 3.05) is 63.2 Å². The quantitative estimate of drug-likeness (QED) is 0.463. The average Bonchev–Trinajstić information content (AvgIpc) is 2.93. The summed E-state index contributed by atoms with van der Waals surface area (Å²) in [5.41, 5.74) is 2.66. The van der Waals surface area contributed by atoms with Gasteiger partial charge in [0.2, 0.25) is 5.91 Å². The number of hydrogen-bond acceptors (Lipinski definition) is 8. The zero-order valence-corrected chi connectivity index (χ0v) is 22.7. The molecule has 9 nitrogen and oxygen atoms in total. The number of aromatic nitrogens is 2. The highest BCUT2D eigenvalue weighted by Crippen LogP contribution is 2.38. The Kier molecular flexibility index (Phi) is 7.56. The van der Waals surface area contributed by atoms with Gasteiger partial charge in [0.15, 0.2) is 11.6 Å². The predicted octanol–water partition coefficient (Wildman–Crippen LogP) is 3.20. The molecule has 1 saturated heterocycles. The molecule has 0 aliphatic carbocycles. The van der Waals surface area contributed by atoms with Gasteiger partial charge in [-0.05, 0) is 33.5 Å². The average molecular weight is 535 g/mol. The fraction of sp³-hybridized carbons (Fsp3) is 0.414. The molecule has 1 aromatic heterocycles. The lowest BCUT2D eigenvalue weighted by atomic mass is 10.0. The van der Waals surface area contributed by atoms with Crippen molar-refractivity contribution < 1.29 is 19.0 Å². The number of likely N-dealkylation sites (N-methyl/N-ethyl adjacent to an activating group) is 1. The maximum atomic E-state index is 14.7. The third-order valence-corrected chi connectivity index (χ3v) is 7.30. The monoisotopic (exact) mass is 534 g/mol. The predicted molar refractivity (Wildman–Crippen MR) is 150 cm³/mol. The van der Waals surface area contributed by atoms with Gasteiger partial charge in [0.1, 0.15) is 11.9 Å². The Morgan fingerprint density at radius 1 is 1.15 bits per heavy atom. The van der Waals surface area contributed by atoms with E-state index in [0.29, 0.717) is 63.6 Å². The zero-order chi connectivity index (χ0) is 27.7. The number of anilines is 2. The Labute approximate surface area is 228 Å². The van der Waals surface area contributed by atoms with Gasteiger partial charge in [-0.2, -0.15) is 9.97 Å². The number of amides is 1. The third-order valence-electron chi connectivity index (χ3n) is 7.30. The standard InChI is InChI=1S/C29H35FN6O3/c1-5-26(38)34-12-14-35(15-13-34)28-22-10-11-36(18-23(22)31-29(32-28)39-19(2)17-33(3)4)24-16-25(37)27(30)21-9-7-6-8-20(21)24/h5-9,16,19,37H,1,10-15,17-18H2,2-4H3. The zero-order valence-electron chi connectivity index (χ0n) is 22.7. The molecule has 0 radical (unpaired) electrons. The first kappa shape index (κ1) is 26.7. The topological polar surface area (TPSA) is 85.3 Å². The van der Waals surface area contributed by atoms with E-state index >= 15 is 0 Å². The first-order valence-corrected chi connectivity index (χ1v) is 13.3. The number of hydrogen-bond donors (Lipinski definition) is 1. The minimum absolute atomic E-state index is 0.0636. The van der Waals surface area contributed by atoms with E-state index in [2.05, 4.69) is 16.4 Å². The van der Waals surface area contributed by atoms with E-state index in [1.165, 1.54) is 12.1 Å². The number of rotatable bonds is 7. The second-order valence-corrected chi connectivity index (χ2v) is 10.4. The van der Waals surface area contributed by atoms with Crippen LogP contribution in [0.15, 0.2) is 43.0 Å². The number of ether oxygens (including phenoxy) is 1. The van der Waals surface area contributed by atoms with Crippen LogP contribution in [0, 0.1) is 5.82 Å². The maximum Gasteiger partial charge on any atom is 0.318 e. The van der Waals surface area contributed by atoms with Gasteiger partial charge in [0, 0.05) is 67.4 Å². The summed E-state index contributed by atoms with van der Waals surface area (Å²) in [5.74, 6) is -0.210. The summed E-state index contributed by atoms with van der Waals surface area (Å²) in [7, 11) is 3.98. The van der Waals surface area contributed by atoms with Crippen LogP contribution >= 0.6 is 0 Å². The van der Waals surface area contributed by atoms with Gasteiger partial charge in [0.05, 0.1) is 12.2 Å². The van der Waals surface area contributed by atoms with Gasteiger partial charge in [-0.3, -0.25) is 4.79 Å². The molecule has 2 aromatic carbocycles. The van der Waals surface area contributed by atoms with Crippen LogP contribution in [0.25, 0.3) is 10.8 Å². The Morgan fingerprint density at radius 3 is 2.56 bits per heavy atom. The van der Waals surface area contributed by atoms with Crippen LogP contribution in [0.1, 0.15) is 18.2 Å². The number of aromatic hydroxyl groups is 1. The molecule has 1 N–H and O–H groups in total. The van der Waals surface area contributed by atoms with Crippen LogP contribution in [-0.4, -0.2) is 90.2 Å². The number of carbonyl (C=O) groups is 1. The summed E-state index contributed by atoms with van der Waals surface area (Å²) in [6, 6.07) is 9.00. The molecule has 206 valence electrons. The number of carbonyl (C=O) groups excluding carboxylic acids is 1. The van der Waals surface area contributed by atoms with Crippen molar-refractivity contribution in [1.29, 1.82) is 0 Å². The Bertz CT molecular complexity index is 1390. The summed E-state index contributed by atoms with van der Waals surface area (Å²) in [4.78, 5) is 30.0. The number of phenolic OH excluding ortho intramolecular Hbond substituents is 1. The normalized spacial score (nSPS) is 16.4. The van der Waals surface area contributed by atoms with E-state index in [0.717, 1.165) is 28.1 Å². The molecule has 3 heterocycles. The molecule has 2 aliphatic heterocycles. The van der Waals surface area contributed by atoms with Crippen molar-refractivity contribution in [3.8, 4) is 11.8 Å². The second-order valence-electron chi connectivity index (χ2n) is 10.4. The molecule has 1 fully saturated rings. The van der Waals surface area contributed by atoms with Crippen molar-refractivity contribution in [2.24, 2.45) is 0 Å². The molecule has 0 bridgehead atoms. The van der Waals surface area contributed by atoms with Crippen molar-refractivity contribution >= 4 is 28.2 Å².